The minimum Gasteiger partial charge on any atom is -0.432 e. The van der Waals surface area contributed by atoms with E-state index in [1.165, 1.54) is 25.3 Å². The maximum absolute atomic E-state index is 13.3. The number of hydrogen-bond donors (Lipinski definition) is 2. The zero-order valence-corrected chi connectivity index (χ0v) is 43.4. The fourth-order valence-corrected chi connectivity index (χ4v) is 6.82. The Morgan fingerprint density at radius 1 is 0.466 bits per heavy atom. The third-order valence-electron chi connectivity index (χ3n) is 8.23. The zero-order chi connectivity index (χ0) is 53.6. The molecule has 2 atom stereocenters. The first-order valence-electron chi connectivity index (χ1n) is 22.1. The molecule has 32 nitrogen and oxygen atoms in total. The Hall–Kier alpha value is -6.08. The predicted octanol–water partition coefficient (Wildman–Crippen LogP) is 6.56. The fraction of sp³-hybridized carbons (Fsp3) is 0.641. The molecule has 0 fully saturated rings. The Morgan fingerprint density at radius 2 is 0.767 bits per heavy atom. The molecule has 0 radical (unpaired) electrons. The van der Waals surface area contributed by atoms with Crippen LogP contribution in [0.5, 0.6) is 0 Å². The Bertz CT molecular complexity index is 2250. The van der Waals surface area contributed by atoms with Gasteiger partial charge in [0.25, 0.3) is 0 Å². The van der Waals surface area contributed by atoms with Crippen LogP contribution in [-0.2, 0) is 96.7 Å². The van der Waals surface area contributed by atoms with E-state index in [2.05, 4.69) is 40.5 Å². The van der Waals surface area contributed by atoms with Gasteiger partial charge in [0.2, 0.25) is 27.2 Å². The standard InChI is InChI=1S/C39H60N10O22P2/c1-24(2)68-36(50)58-20-64-72(54,65-21-59-37(51)69-25(3)4)62-18-56-28(9)11-48-16-46-30-32(42-14-44-34(30)48)40-13-41-33-31-35(45-15-43-33)49(17-47-31)12-29(10)57-19-63-73(55,66-22-60-38(52)70-26(5)6)67-23-61-39(53)71-27(7)8/h14-17,24-29H,11-13,18-23H2,1-10H3,(H,40,42,44)(H,41,43,45)/t28-,29-/m1/s1. The Morgan fingerprint density at radius 3 is 1.07 bits per heavy atom. The predicted molar refractivity (Wildman–Crippen MR) is 246 cm³/mol. The molecule has 0 aliphatic carbocycles. The second-order valence-corrected chi connectivity index (χ2v) is 19.0. The third kappa shape index (κ3) is 21.5. The number of aromatic nitrogens is 8. The summed E-state index contributed by atoms with van der Waals surface area (Å²) in [5.74, 6) is 0.739. The van der Waals surface area contributed by atoms with Crippen LogP contribution >= 0.6 is 15.6 Å². The number of anilines is 2. The van der Waals surface area contributed by atoms with Gasteiger partial charge in [0.05, 0.1) is 69.0 Å². The van der Waals surface area contributed by atoms with Gasteiger partial charge >= 0.3 is 40.3 Å². The molecule has 4 aromatic heterocycles. The van der Waals surface area contributed by atoms with Gasteiger partial charge in [-0.1, -0.05) is 0 Å². The van der Waals surface area contributed by atoms with Gasteiger partial charge < -0.3 is 67.1 Å². The molecule has 0 spiro atoms. The topological polar surface area (TPSA) is 361 Å². The number of phosphoric ester groups is 2. The summed E-state index contributed by atoms with van der Waals surface area (Å²) >= 11 is 0. The molecule has 0 amide bonds. The molecule has 4 rings (SSSR count). The van der Waals surface area contributed by atoms with Gasteiger partial charge in [0.1, 0.15) is 23.7 Å². The maximum Gasteiger partial charge on any atom is 0.510 e. The summed E-state index contributed by atoms with van der Waals surface area (Å²) in [7, 11) is -9.11. The monoisotopic (exact) mass is 1080 g/mol. The lowest BCUT2D eigenvalue weighted by atomic mass is 10.4. The number of nitrogens with one attached hydrogen (secondary N) is 2. The van der Waals surface area contributed by atoms with Crippen molar-refractivity contribution in [2.45, 2.75) is 119 Å². The molecule has 2 N–H and O–H groups in total. The SMILES string of the molecule is CC(C)OC(=O)OCOP(=O)(OCOC(=O)OC(C)C)OCO[C@H](C)Cn1cnc2c(NCNc3ncnc4c3ncn4C[C@@H](C)OCOP(=O)(OCOC(=O)OC(C)C)OCOC(=O)OC(C)C)ncnc21. The molecule has 4 heterocycles. The molecule has 0 aromatic carbocycles. The van der Waals surface area contributed by atoms with Crippen LogP contribution in [0, 0.1) is 0 Å². The molecule has 408 valence electrons. The van der Waals surface area contributed by atoms with E-state index >= 15 is 0 Å². The summed E-state index contributed by atoms with van der Waals surface area (Å²) in [5, 5.41) is 6.30. The number of hydrogen-bond acceptors (Lipinski definition) is 30. The summed E-state index contributed by atoms with van der Waals surface area (Å²) in [5.41, 5.74) is 1.69. The Labute approximate surface area is 417 Å². The highest BCUT2D eigenvalue weighted by molar-refractivity contribution is 7.48. The quantitative estimate of drug-likeness (QED) is 0.0226. The highest BCUT2D eigenvalue weighted by Gasteiger charge is 2.31. The van der Waals surface area contributed by atoms with Crippen molar-refractivity contribution in [1.82, 2.24) is 39.0 Å². The van der Waals surface area contributed by atoms with E-state index in [-0.39, 0.29) is 19.8 Å². The smallest absolute Gasteiger partial charge is 0.432 e. The summed E-state index contributed by atoms with van der Waals surface area (Å²) in [6.45, 7) is 11.7. The summed E-state index contributed by atoms with van der Waals surface area (Å²) in [4.78, 5) is 73.3. The van der Waals surface area contributed by atoms with E-state index in [0.29, 0.717) is 34.0 Å². The second kappa shape index (κ2) is 29.6. The van der Waals surface area contributed by atoms with Crippen LogP contribution < -0.4 is 10.6 Å². The first-order chi connectivity index (χ1) is 34.6. The van der Waals surface area contributed by atoms with Crippen LogP contribution in [0.3, 0.4) is 0 Å². The molecule has 34 heteroatoms. The van der Waals surface area contributed by atoms with Crippen LogP contribution in [-0.4, -0.2) is 148 Å². The number of carbonyl (C=O) groups excluding carboxylic acids is 4. The van der Waals surface area contributed by atoms with Crippen LogP contribution in [0.25, 0.3) is 22.3 Å². The number of carbonyl (C=O) groups is 4. The largest absolute Gasteiger partial charge is 0.510 e. The number of nitrogens with zero attached hydrogens (tertiary/aromatic N) is 8. The van der Waals surface area contributed by atoms with Gasteiger partial charge in [0.15, 0.2) is 36.5 Å². The lowest BCUT2D eigenvalue weighted by Gasteiger charge is -2.19. The van der Waals surface area contributed by atoms with E-state index in [1.807, 2.05) is 0 Å². The van der Waals surface area contributed by atoms with Crippen molar-refractivity contribution in [3.8, 4) is 0 Å². The molecular formula is C39H60N10O22P2. The molecule has 0 saturated heterocycles. The summed E-state index contributed by atoms with van der Waals surface area (Å²) in [6.07, 6.45) is -1.92. The number of fused-ring (bicyclic) bond motifs is 2. The molecule has 73 heavy (non-hydrogen) atoms. The minimum absolute atomic E-state index is 0.0991. The normalized spacial score (nSPS) is 12.8. The number of rotatable bonds is 32. The van der Waals surface area contributed by atoms with E-state index in [4.69, 9.17) is 74.5 Å². The summed E-state index contributed by atoms with van der Waals surface area (Å²) < 4.78 is 110. The average molecular weight is 1080 g/mol. The number of imidazole rings is 2. The Balaban J connectivity index is 1.29. The van der Waals surface area contributed by atoms with Crippen LogP contribution in [0.1, 0.15) is 69.2 Å². The van der Waals surface area contributed by atoms with Gasteiger partial charge in [0, 0.05) is 0 Å². The molecular weight excluding hydrogens is 1020 g/mol. The second-order valence-electron chi connectivity index (χ2n) is 15.7. The number of phosphoric acid groups is 2. The van der Waals surface area contributed by atoms with Crippen molar-refractivity contribution in [1.29, 1.82) is 0 Å². The van der Waals surface area contributed by atoms with Gasteiger partial charge in [-0.15, -0.1) is 0 Å². The van der Waals surface area contributed by atoms with Crippen molar-refractivity contribution in [3.63, 3.8) is 0 Å². The van der Waals surface area contributed by atoms with Crippen molar-refractivity contribution in [3.05, 3.63) is 25.3 Å². The summed E-state index contributed by atoms with van der Waals surface area (Å²) in [6, 6.07) is 0. The van der Waals surface area contributed by atoms with Crippen LogP contribution in [0.4, 0.5) is 30.8 Å². The van der Waals surface area contributed by atoms with E-state index in [0.717, 1.165) is 0 Å². The molecule has 0 saturated carbocycles. The lowest BCUT2D eigenvalue weighted by Crippen LogP contribution is -2.20. The van der Waals surface area contributed by atoms with Crippen molar-refractivity contribution in [2.24, 2.45) is 0 Å². The van der Waals surface area contributed by atoms with Crippen molar-refractivity contribution in [2.75, 3.05) is 58.1 Å². The van der Waals surface area contributed by atoms with Crippen molar-refractivity contribution >= 4 is 74.2 Å². The molecule has 0 bridgehead atoms. The maximum atomic E-state index is 13.3. The molecule has 4 aromatic rings. The first kappa shape index (κ1) is 59.5. The molecule has 0 unspecified atom stereocenters. The van der Waals surface area contributed by atoms with Gasteiger partial charge in [-0.2, -0.15) is 0 Å². The van der Waals surface area contributed by atoms with E-state index < -0.39 is 118 Å². The Kier molecular flexibility index (Phi) is 24.1. The average Bonchev–Trinajstić information content (AvgIpc) is 3.89. The van der Waals surface area contributed by atoms with Crippen LogP contribution in [0.15, 0.2) is 25.3 Å². The van der Waals surface area contributed by atoms with Crippen molar-refractivity contribution < 1.29 is 103 Å². The minimum atomic E-state index is -4.55. The number of ether oxygens (including phenoxy) is 10. The first-order valence-corrected chi connectivity index (χ1v) is 25.0. The van der Waals surface area contributed by atoms with Crippen LogP contribution in [0.2, 0.25) is 0 Å². The lowest BCUT2D eigenvalue weighted by molar-refractivity contribution is -0.0817. The fourth-order valence-electron chi connectivity index (χ4n) is 5.27. The molecule has 0 aliphatic heterocycles. The van der Waals surface area contributed by atoms with E-state index in [9.17, 15) is 28.3 Å². The van der Waals surface area contributed by atoms with Gasteiger partial charge in [-0.05, 0) is 69.2 Å². The van der Waals surface area contributed by atoms with Gasteiger partial charge in [-0.25, -0.2) is 76.3 Å². The zero-order valence-electron chi connectivity index (χ0n) is 41.6. The third-order valence-corrected chi connectivity index (χ3v) is 10.8. The van der Waals surface area contributed by atoms with E-state index in [1.54, 1.807) is 78.4 Å². The highest BCUT2D eigenvalue weighted by atomic mass is 31.2. The molecule has 0 aliphatic rings. The van der Waals surface area contributed by atoms with Gasteiger partial charge in [-0.3, -0.25) is 9.05 Å². The highest BCUT2D eigenvalue weighted by Crippen LogP contribution is 2.50.